The van der Waals surface area contributed by atoms with E-state index in [0.29, 0.717) is 39.0 Å². The van der Waals surface area contributed by atoms with Gasteiger partial charge in [-0.05, 0) is 104 Å². The standard InChI is InChI=1S/C38H53N3O8/c1-9-46-33(42)29-17-19-40(35(44)48-37(3,4)5)23-31(29)25-13-11-15-27(21-25)39-28-16-12-14-26(22-28)32-24-41(36(45)49-38(6,7)8)20-18-30(32)34(43)47-10-2/h11-16,21-22,29-32,39H,9-10,17-20,23-24H2,1-8H3. The molecule has 0 bridgehead atoms. The number of hydrogen-bond donors (Lipinski definition) is 1. The number of piperidine rings is 2. The van der Waals surface area contributed by atoms with Crippen LogP contribution in [0.1, 0.15) is 91.2 Å². The van der Waals surface area contributed by atoms with E-state index >= 15 is 0 Å². The number of hydrogen-bond acceptors (Lipinski definition) is 9. The van der Waals surface area contributed by atoms with E-state index in [1.807, 2.05) is 90.1 Å². The monoisotopic (exact) mass is 679 g/mol. The number of carbonyl (C=O) groups is 4. The zero-order valence-electron chi connectivity index (χ0n) is 30.2. The van der Waals surface area contributed by atoms with Gasteiger partial charge in [0.15, 0.2) is 0 Å². The van der Waals surface area contributed by atoms with Crippen LogP contribution < -0.4 is 5.32 Å². The van der Waals surface area contributed by atoms with Crippen LogP contribution in [0, 0.1) is 11.8 Å². The fraction of sp³-hybridized carbons (Fsp3) is 0.579. The summed E-state index contributed by atoms with van der Waals surface area (Å²) in [7, 11) is 0. The van der Waals surface area contributed by atoms with E-state index < -0.39 is 35.2 Å². The SMILES string of the molecule is CCOC(=O)C1CCN(C(=O)OC(C)(C)C)CC1c1cccc(Nc2cccc(C3CN(C(=O)OC(C)(C)C)CCC3C(=O)OCC)c2)c1. The molecule has 0 aliphatic carbocycles. The molecule has 2 fully saturated rings. The van der Waals surface area contributed by atoms with E-state index in [4.69, 9.17) is 18.9 Å². The average Bonchev–Trinajstić information content (AvgIpc) is 3.03. The summed E-state index contributed by atoms with van der Waals surface area (Å²) in [5, 5.41) is 3.49. The van der Waals surface area contributed by atoms with E-state index in [-0.39, 0.29) is 37.0 Å². The van der Waals surface area contributed by atoms with Gasteiger partial charge < -0.3 is 34.1 Å². The molecular formula is C38H53N3O8. The fourth-order valence-corrected chi connectivity index (χ4v) is 6.49. The predicted octanol–water partition coefficient (Wildman–Crippen LogP) is 7.24. The number of amides is 2. The Balaban J connectivity index is 1.58. The summed E-state index contributed by atoms with van der Waals surface area (Å²) in [4.78, 5) is 55.5. The first-order valence-corrected chi connectivity index (χ1v) is 17.3. The molecule has 2 aliphatic heterocycles. The van der Waals surface area contributed by atoms with Crippen molar-refractivity contribution >= 4 is 35.5 Å². The second-order valence-electron chi connectivity index (χ2n) is 14.7. The maximum absolute atomic E-state index is 13.1. The number of ether oxygens (including phenoxy) is 4. The van der Waals surface area contributed by atoms with Crippen molar-refractivity contribution in [2.45, 2.75) is 91.3 Å². The molecule has 0 radical (unpaired) electrons. The molecule has 4 rings (SSSR count). The van der Waals surface area contributed by atoms with Crippen LogP contribution in [-0.2, 0) is 28.5 Å². The van der Waals surface area contributed by atoms with Gasteiger partial charge in [-0.2, -0.15) is 0 Å². The van der Waals surface area contributed by atoms with E-state index in [0.717, 1.165) is 22.5 Å². The van der Waals surface area contributed by atoms with E-state index in [1.165, 1.54) is 0 Å². The Morgan fingerprint density at radius 2 is 1.06 bits per heavy atom. The Hall–Kier alpha value is -4.28. The molecule has 2 amide bonds. The second kappa shape index (κ2) is 16.0. The van der Waals surface area contributed by atoms with Gasteiger partial charge in [-0.25, -0.2) is 9.59 Å². The molecule has 11 nitrogen and oxygen atoms in total. The summed E-state index contributed by atoms with van der Waals surface area (Å²) < 4.78 is 22.2. The number of esters is 2. The minimum absolute atomic E-state index is 0.272. The smallest absolute Gasteiger partial charge is 0.410 e. The molecule has 268 valence electrons. The lowest BCUT2D eigenvalue weighted by Crippen LogP contribution is -2.47. The summed E-state index contributed by atoms with van der Waals surface area (Å²) in [5.74, 6) is -1.94. The summed E-state index contributed by atoms with van der Waals surface area (Å²) in [6.07, 6.45) is 0.123. The lowest BCUT2D eigenvalue weighted by Gasteiger charge is -2.38. The van der Waals surface area contributed by atoms with Gasteiger partial charge in [-0.3, -0.25) is 9.59 Å². The molecular weight excluding hydrogens is 626 g/mol. The van der Waals surface area contributed by atoms with Crippen LogP contribution >= 0.6 is 0 Å². The lowest BCUT2D eigenvalue weighted by molar-refractivity contribution is -0.151. The number of nitrogens with zero attached hydrogens (tertiary/aromatic N) is 2. The minimum atomic E-state index is -0.634. The summed E-state index contributed by atoms with van der Waals surface area (Å²) >= 11 is 0. The number of likely N-dealkylation sites (tertiary alicyclic amines) is 2. The first-order chi connectivity index (χ1) is 23.1. The first-order valence-electron chi connectivity index (χ1n) is 17.3. The highest BCUT2D eigenvalue weighted by molar-refractivity contribution is 5.77. The molecule has 0 spiro atoms. The highest BCUT2D eigenvalue weighted by Gasteiger charge is 2.40. The molecule has 1 N–H and O–H groups in total. The van der Waals surface area contributed by atoms with Crippen LogP contribution in [0.2, 0.25) is 0 Å². The van der Waals surface area contributed by atoms with Crippen molar-refractivity contribution in [2.24, 2.45) is 11.8 Å². The maximum Gasteiger partial charge on any atom is 0.410 e. The Labute approximate surface area is 290 Å². The fourth-order valence-electron chi connectivity index (χ4n) is 6.49. The van der Waals surface area contributed by atoms with E-state index in [9.17, 15) is 19.2 Å². The third kappa shape index (κ3) is 10.4. The van der Waals surface area contributed by atoms with Crippen molar-refractivity contribution in [2.75, 3.05) is 44.7 Å². The quantitative estimate of drug-likeness (QED) is 0.227. The highest BCUT2D eigenvalue weighted by atomic mass is 16.6. The number of benzene rings is 2. The van der Waals surface area contributed by atoms with E-state index in [1.54, 1.807) is 23.6 Å². The molecule has 11 heteroatoms. The third-order valence-corrected chi connectivity index (χ3v) is 8.63. The Kier molecular flexibility index (Phi) is 12.2. The molecule has 49 heavy (non-hydrogen) atoms. The second-order valence-corrected chi connectivity index (χ2v) is 14.7. The third-order valence-electron chi connectivity index (χ3n) is 8.63. The number of rotatable bonds is 8. The zero-order valence-corrected chi connectivity index (χ0v) is 30.2. The maximum atomic E-state index is 13.1. The summed E-state index contributed by atoms with van der Waals surface area (Å²) in [6.45, 7) is 16.6. The van der Waals surface area contributed by atoms with Crippen molar-refractivity contribution in [1.82, 2.24) is 9.80 Å². The van der Waals surface area contributed by atoms with Crippen molar-refractivity contribution in [3.05, 3.63) is 59.7 Å². The van der Waals surface area contributed by atoms with Crippen LogP contribution in [0.5, 0.6) is 0 Å². The van der Waals surface area contributed by atoms with Gasteiger partial charge in [0.1, 0.15) is 11.2 Å². The van der Waals surface area contributed by atoms with Crippen LogP contribution in [0.4, 0.5) is 21.0 Å². The number of anilines is 2. The Morgan fingerprint density at radius 3 is 1.41 bits per heavy atom. The van der Waals surface area contributed by atoms with Crippen molar-refractivity contribution in [3.8, 4) is 0 Å². The van der Waals surface area contributed by atoms with Gasteiger partial charge in [0.05, 0.1) is 25.0 Å². The van der Waals surface area contributed by atoms with Crippen LogP contribution in [-0.4, -0.2) is 84.5 Å². The number of carbonyl (C=O) groups excluding carboxylic acids is 4. The van der Waals surface area contributed by atoms with Gasteiger partial charge >= 0.3 is 24.1 Å². The molecule has 4 unspecified atom stereocenters. The van der Waals surface area contributed by atoms with Gasteiger partial charge in [0.25, 0.3) is 0 Å². The molecule has 2 heterocycles. The number of nitrogens with one attached hydrogen (secondary N) is 1. The van der Waals surface area contributed by atoms with Crippen LogP contribution in [0.15, 0.2) is 48.5 Å². The topological polar surface area (TPSA) is 124 Å². The summed E-state index contributed by atoms with van der Waals surface area (Å²) in [6, 6.07) is 15.7. The molecule has 2 aliphatic rings. The normalized spacial score (nSPS) is 21.4. The molecule has 2 saturated heterocycles. The largest absolute Gasteiger partial charge is 0.466 e. The molecule has 2 aromatic carbocycles. The molecule has 2 aromatic rings. The molecule has 0 aromatic heterocycles. The lowest BCUT2D eigenvalue weighted by atomic mass is 9.80. The Bertz CT molecular complexity index is 1370. The molecule has 4 atom stereocenters. The highest BCUT2D eigenvalue weighted by Crippen LogP contribution is 2.38. The summed E-state index contributed by atoms with van der Waals surface area (Å²) in [5.41, 5.74) is 2.13. The molecule has 0 saturated carbocycles. The van der Waals surface area contributed by atoms with Gasteiger partial charge in [-0.1, -0.05) is 24.3 Å². The van der Waals surface area contributed by atoms with E-state index in [2.05, 4.69) is 5.32 Å². The van der Waals surface area contributed by atoms with Crippen LogP contribution in [0.25, 0.3) is 0 Å². The van der Waals surface area contributed by atoms with Gasteiger partial charge in [0.2, 0.25) is 0 Å². The van der Waals surface area contributed by atoms with Crippen molar-refractivity contribution in [1.29, 1.82) is 0 Å². The average molecular weight is 680 g/mol. The Morgan fingerprint density at radius 1 is 0.673 bits per heavy atom. The first kappa shape index (κ1) is 37.5. The van der Waals surface area contributed by atoms with Crippen molar-refractivity contribution in [3.63, 3.8) is 0 Å². The minimum Gasteiger partial charge on any atom is -0.466 e. The zero-order chi connectivity index (χ0) is 35.9. The van der Waals surface area contributed by atoms with Crippen LogP contribution in [0.3, 0.4) is 0 Å². The van der Waals surface area contributed by atoms with Gasteiger partial charge in [0, 0.05) is 49.4 Å². The van der Waals surface area contributed by atoms with Gasteiger partial charge in [-0.15, -0.1) is 0 Å². The predicted molar refractivity (Wildman–Crippen MR) is 187 cm³/mol. The van der Waals surface area contributed by atoms with Crippen molar-refractivity contribution < 1.29 is 38.1 Å².